The maximum Gasteiger partial charge on any atom is 0.228 e. The molecule has 1 unspecified atom stereocenters. The largest absolute Gasteiger partial charge is 0.496 e. The van der Waals surface area contributed by atoms with E-state index in [0.29, 0.717) is 37.0 Å². The van der Waals surface area contributed by atoms with Crippen molar-refractivity contribution in [3.8, 4) is 5.75 Å². The van der Waals surface area contributed by atoms with E-state index in [-0.39, 0.29) is 11.3 Å². The van der Waals surface area contributed by atoms with E-state index in [1.54, 1.807) is 7.11 Å². The van der Waals surface area contributed by atoms with Crippen molar-refractivity contribution >= 4 is 5.91 Å². The van der Waals surface area contributed by atoms with Crippen LogP contribution in [0.3, 0.4) is 0 Å². The molecule has 3 heterocycles. The van der Waals surface area contributed by atoms with Crippen LogP contribution >= 0.6 is 0 Å². The van der Waals surface area contributed by atoms with E-state index in [2.05, 4.69) is 52.7 Å². The summed E-state index contributed by atoms with van der Waals surface area (Å²) in [6.45, 7) is 3.65. The molecular weight excluding hydrogens is 460 g/mol. The van der Waals surface area contributed by atoms with E-state index in [1.165, 1.54) is 43.2 Å². The highest BCUT2D eigenvalue weighted by atomic mass is 16.5. The molecule has 1 N–H and O–H groups in total. The van der Waals surface area contributed by atoms with E-state index < -0.39 is 0 Å². The second-order valence-electron chi connectivity index (χ2n) is 11.8. The molecule has 37 heavy (non-hydrogen) atoms. The lowest BCUT2D eigenvalue weighted by molar-refractivity contribution is -0.143. The molecule has 1 spiro atoms. The molecule has 4 atom stereocenters. The topological polar surface area (TPSA) is 50.8 Å². The first kappa shape index (κ1) is 24.9. The Kier molecular flexibility index (Phi) is 7.27. The first-order valence-electron chi connectivity index (χ1n) is 14.5. The summed E-state index contributed by atoms with van der Waals surface area (Å²) in [5.41, 5.74) is 3.57. The first-order valence-corrected chi connectivity index (χ1v) is 14.5. The van der Waals surface area contributed by atoms with Gasteiger partial charge in [-0.25, -0.2) is 0 Å². The first-order chi connectivity index (χ1) is 18.2. The monoisotopic (exact) mass is 502 g/mol. The molecule has 3 fully saturated rings. The van der Waals surface area contributed by atoms with Crippen molar-refractivity contribution in [2.75, 3.05) is 33.4 Å². The van der Waals surface area contributed by atoms with Gasteiger partial charge in [0.05, 0.1) is 19.6 Å². The Morgan fingerprint density at radius 2 is 1.89 bits per heavy atom. The van der Waals surface area contributed by atoms with Crippen LogP contribution in [0, 0.1) is 11.8 Å². The van der Waals surface area contributed by atoms with E-state index in [4.69, 9.17) is 9.47 Å². The number of ether oxygens (including phenoxy) is 2. The van der Waals surface area contributed by atoms with Gasteiger partial charge in [0.2, 0.25) is 5.91 Å². The van der Waals surface area contributed by atoms with Crippen LogP contribution < -0.4 is 10.1 Å². The van der Waals surface area contributed by atoms with E-state index in [9.17, 15) is 4.79 Å². The highest BCUT2D eigenvalue weighted by Gasteiger charge is 2.52. The van der Waals surface area contributed by atoms with Crippen LogP contribution in [0.5, 0.6) is 5.75 Å². The Labute approximate surface area is 221 Å². The second kappa shape index (κ2) is 10.8. The molecule has 0 radical (unpaired) electrons. The third-order valence-electron chi connectivity index (χ3n) is 9.98. The third kappa shape index (κ3) is 4.59. The van der Waals surface area contributed by atoms with Crippen molar-refractivity contribution in [2.45, 2.75) is 75.3 Å². The molecule has 4 aliphatic rings. The molecule has 198 valence electrons. The smallest absolute Gasteiger partial charge is 0.228 e. The summed E-state index contributed by atoms with van der Waals surface area (Å²) in [5.74, 6) is 2.34. The molecule has 1 aliphatic carbocycles. The van der Waals surface area contributed by atoms with Gasteiger partial charge in [-0.2, -0.15) is 0 Å². The molecule has 5 nitrogen and oxygen atoms in total. The van der Waals surface area contributed by atoms with E-state index >= 15 is 0 Å². The van der Waals surface area contributed by atoms with Gasteiger partial charge in [0, 0.05) is 43.3 Å². The fourth-order valence-electron chi connectivity index (χ4n) is 8.03. The number of carbonyl (C=O) groups is 1. The predicted molar refractivity (Wildman–Crippen MR) is 146 cm³/mol. The SMILES string of the molecule is COc1cccc2c1COCC[C@]21CNCC1C(=O)N1CC[C@@H](c2ccccc2)C[C@H]1C1CCCCC1. The Bertz CT molecular complexity index is 1080. The number of amides is 1. The molecule has 5 heteroatoms. The summed E-state index contributed by atoms with van der Waals surface area (Å²) in [6, 6.07) is 17.7. The minimum Gasteiger partial charge on any atom is -0.496 e. The summed E-state index contributed by atoms with van der Waals surface area (Å²) in [7, 11) is 1.73. The van der Waals surface area contributed by atoms with Crippen molar-refractivity contribution in [2.24, 2.45) is 11.8 Å². The Hall–Kier alpha value is -2.37. The van der Waals surface area contributed by atoms with Gasteiger partial charge in [-0.1, -0.05) is 61.7 Å². The zero-order valence-corrected chi connectivity index (χ0v) is 22.3. The Morgan fingerprint density at radius 1 is 1.05 bits per heavy atom. The molecule has 2 aromatic rings. The quantitative estimate of drug-likeness (QED) is 0.606. The Morgan fingerprint density at radius 3 is 2.70 bits per heavy atom. The van der Waals surface area contributed by atoms with Gasteiger partial charge < -0.3 is 19.7 Å². The van der Waals surface area contributed by atoms with Crippen molar-refractivity contribution in [1.82, 2.24) is 10.2 Å². The van der Waals surface area contributed by atoms with Gasteiger partial charge in [-0.15, -0.1) is 0 Å². The third-order valence-corrected chi connectivity index (χ3v) is 9.98. The van der Waals surface area contributed by atoms with Gasteiger partial charge in [-0.05, 0) is 61.1 Å². The van der Waals surface area contributed by atoms with Crippen LogP contribution in [-0.2, 0) is 21.6 Å². The van der Waals surface area contributed by atoms with Gasteiger partial charge in [-0.3, -0.25) is 4.79 Å². The number of fused-ring (bicyclic) bond motifs is 2. The van der Waals surface area contributed by atoms with Crippen LogP contribution in [0.1, 0.15) is 74.0 Å². The number of nitrogens with one attached hydrogen (secondary N) is 1. The number of rotatable bonds is 4. The standard InChI is InChI=1S/C32H42N2O3/c1-36-30-14-8-13-27-26(30)21-37-18-16-32(27)22-33-20-28(32)31(35)34-17-15-25(23-9-4-2-5-10-23)19-29(34)24-11-6-3-7-12-24/h2,4-5,8-10,13-14,24-25,28-29,33H,3,6-7,11-12,15-22H2,1H3/t25-,28?,29+,32+/m1/s1. The maximum atomic E-state index is 14.7. The number of carbonyl (C=O) groups excluding carboxylic acids is 1. The summed E-state index contributed by atoms with van der Waals surface area (Å²) in [4.78, 5) is 17.0. The van der Waals surface area contributed by atoms with Crippen LogP contribution in [0.2, 0.25) is 0 Å². The lowest BCUT2D eigenvalue weighted by Gasteiger charge is -2.47. The fraction of sp³-hybridized carbons (Fsp3) is 0.594. The summed E-state index contributed by atoms with van der Waals surface area (Å²) < 4.78 is 11.8. The van der Waals surface area contributed by atoms with Gasteiger partial charge in [0.25, 0.3) is 0 Å². The number of likely N-dealkylation sites (tertiary alicyclic amines) is 1. The molecular formula is C32H42N2O3. The minimum atomic E-state index is -0.245. The molecule has 2 aromatic carbocycles. The number of piperidine rings is 1. The fourth-order valence-corrected chi connectivity index (χ4v) is 8.03. The zero-order chi connectivity index (χ0) is 25.2. The van der Waals surface area contributed by atoms with Crippen molar-refractivity contribution in [1.29, 1.82) is 0 Å². The van der Waals surface area contributed by atoms with Gasteiger partial charge >= 0.3 is 0 Å². The lowest BCUT2D eigenvalue weighted by atomic mass is 9.67. The zero-order valence-electron chi connectivity index (χ0n) is 22.3. The molecule has 2 saturated heterocycles. The van der Waals surface area contributed by atoms with E-state index in [0.717, 1.165) is 50.2 Å². The van der Waals surface area contributed by atoms with Gasteiger partial charge in [0.1, 0.15) is 5.75 Å². The average molecular weight is 503 g/mol. The maximum absolute atomic E-state index is 14.7. The minimum absolute atomic E-state index is 0.0700. The van der Waals surface area contributed by atoms with E-state index in [1.807, 2.05) is 6.07 Å². The number of hydrogen-bond donors (Lipinski definition) is 1. The summed E-state index contributed by atoms with van der Waals surface area (Å²) >= 11 is 0. The molecule has 0 aromatic heterocycles. The number of benzene rings is 2. The lowest BCUT2D eigenvalue weighted by Crippen LogP contribution is -2.55. The molecule has 6 rings (SSSR count). The molecule has 0 bridgehead atoms. The summed E-state index contributed by atoms with van der Waals surface area (Å²) in [6.07, 6.45) is 9.49. The van der Waals surface area contributed by atoms with Crippen molar-refractivity contribution in [3.63, 3.8) is 0 Å². The van der Waals surface area contributed by atoms with Crippen molar-refractivity contribution < 1.29 is 14.3 Å². The van der Waals surface area contributed by atoms with Crippen LogP contribution in [0.15, 0.2) is 48.5 Å². The van der Waals surface area contributed by atoms with Crippen LogP contribution in [0.25, 0.3) is 0 Å². The second-order valence-corrected chi connectivity index (χ2v) is 11.8. The normalized spacial score (nSPS) is 30.6. The number of nitrogens with zero attached hydrogens (tertiary/aromatic N) is 1. The molecule has 3 aliphatic heterocycles. The highest BCUT2D eigenvalue weighted by Crippen LogP contribution is 2.47. The number of methoxy groups -OCH3 is 1. The van der Waals surface area contributed by atoms with Gasteiger partial charge in [0.15, 0.2) is 0 Å². The van der Waals surface area contributed by atoms with Crippen LogP contribution in [-0.4, -0.2) is 50.2 Å². The van der Waals surface area contributed by atoms with Crippen LogP contribution in [0.4, 0.5) is 0 Å². The average Bonchev–Trinajstić information content (AvgIpc) is 3.30. The van der Waals surface area contributed by atoms with Crippen molar-refractivity contribution in [3.05, 3.63) is 65.2 Å². The highest BCUT2D eigenvalue weighted by molar-refractivity contribution is 5.82. The molecule has 1 amide bonds. The Balaban J connectivity index is 1.32. The predicted octanol–water partition coefficient (Wildman–Crippen LogP) is 5.43. The summed E-state index contributed by atoms with van der Waals surface area (Å²) in [5, 5.41) is 3.64. The number of hydrogen-bond acceptors (Lipinski definition) is 4. The molecule has 1 saturated carbocycles.